The van der Waals surface area contributed by atoms with Gasteiger partial charge in [0.15, 0.2) is 0 Å². The van der Waals surface area contributed by atoms with Crippen LogP contribution in [0, 0.1) is 0 Å². The normalized spacial score (nSPS) is 5.25. The summed E-state index contributed by atoms with van der Waals surface area (Å²) in [6.07, 6.45) is 0. The monoisotopic (exact) mass is 823 g/mol. The van der Waals surface area contributed by atoms with Gasteiger partial charge in [-0.15, -0.1) is 0 Å². The Morgan fingerprint density at radius 3 is 0.250 bits per heavy atom. The summed E-state index contributed by atoms with van der Waals surface area (Å²) in [5, 5.41) is 0. The second-order valence-corrected chi connectivity index (χ2v) is 5.25. The fourth-order valence-electron chi connectivity index (χ4n) is 0. The van der Waals surface area contributed by atoms with E-state index >= 15 is 0 Å². The minimum Gasteiger partial charge on any atom is -0.672 e. The van der Waals surface area contributed by atoms with Gasteiger partial charge in [-0.25, -0.2) is 0 Å². The Kier molecular flexibility index (Phi) is 138. The molecule has 0 aromatic rings. The molecule has 0 aliphatic rings. The third-order valence-corrected chi connectivity index (χ3v) is 0. The predicted molar refractivity (Wildman–Crippen MR) is 45.1 cm³/mol. The fraction of sp³-hybridized carbons (Fsp3) is 0. The van der Waals surface area contributed by atoms with Crippen molar-refractivity contribution in [1.29, 1.82) is 0 Å². The Hall–Kier alpha value is 0.123. The van der Waals surface area contributed by atoms with Crippen molar-refractivity contribution in [2.75, 3.05) is 0 Å². The van der Waals surface area contributed by atoms with E-state index in [1.807, 2.05) is 0 Å². The maximum atomic E-state index is 8.52. The molecule has 21 nitrogen and oxygen atoms in total. The average molecular weight is 827 g/mol. The van der Waals surface area contributed by atoms with Crippen LogP contribution in [-0.2, 0) is 118 Å². The first-order valence-electron chi connectivity index (χ1n) is 4.29. The van der Waals surface area contributed by atoms with Crippen LogP contribution >= 0.6 is 0 Å². The Balaban J connectivity index is -0.0000000175. The topological polar surface area (TPSA) is 442 Å². The molecule has 32 heteroatoms. The molecule has 0 bridgehead atoms. The molecular formula is Fe2O21Si7Zr2. The van der Waals surface area contributed by atoms with Crippen molar-refractivity contribution < 1.29 is 185 Å². The zero-order valence-electron chi connectivity index (χ0n) is 13.8. The molecule has 0 spiro atoms. The molecule has 0 rings (SSSR count). The van der Waals surface area contributed by atoms with Crippen LogP contribution in [0.1, 0.15) is 0 Å². The SMILES string of the molecule is O=[Si]([O-])[O-].O=[Si]([O-])[O-].O=[Si]([O-])[O-].O=[Si]([O-])[O-].O=[Si]([O-])[O-].O=[Si]([O-])[O-].O=[Si]([O-])[O-].[Fe+3].[Fe+3].[Zr+4].[Zr+4]. The number of rotatable bonds is 0. The second-order valence-electron chi connectivity index (χ2n) is 1.75. The Labute approximate surface area is 246 Å². The van der Waals surface area contributed by atoms with Crippen LogP contribution in [0.2, 0.25) is 0 Å². The zero-order chi connectivity index (χ0) is 25.0. The van der Waals surface area contributed by atoms with Crippen molar-refractivity contribution in [1.82, 2.24) is 0 Å². The van der Waals surface area contributed by atoms with Crippen molar-refractivity contribution in [3.05, 3.63) is 0 Å². The molecule has 0 aliphatic heterocycles. The van der Waals surface area contributed by atoms with Gasteiger partial charge < -0.3 is 98.4 Å². The van der Waals surface area contributed by atoms with Gasteiger partial charge in [0.1, 0.15) is 0 Å². The van der Waals surface area contributed by atoms with E-state index < -0.39 is 64.2 Å². The van der Waals surface area contributed by atoms with Crippen molar-refractivity contribution in [2.24, 2.45) is 0 Å². The third-order valence-electron chi connectivity index (χ3n) is 0. The molecule has 0 fully saturated rings. The summed E-state index contributed by atoms with van der Waals surface area (Å²) >= 11 is 0. The predicted octanol–water partition coefficient (Wildman–Crippen LogP) is -20.2. The summed E-state index contributed by atoms with van der Waals surface area (Å²) in [5.74, 6) is 0. The average Bonchev–Trinajstić information content (AvgIpc) is 2.20. The molecule has 0 N–H and O–H groups in total. The first kappa shape index (κ1) is 69.7. The summed E-state index contributed by atoms with van der Waals surface area (Å²) in [5.41, 5.74) is 0. The molecule has 2 radical (unpaired) electrons. The minimum absolute atomic E-state index is 0. The zero-order valence-corrected chi connectivity index (χ0v) is 27.9. The second kappa shape index (κ2) is 63.3. The van der Waals surface area contributed by atoms with Crippen molar-refractivity contribution in [2.45, 2.75) is 0 Å². The quantitative estimate of drug-likeness (QED) is 0.205. The first-order valence-corrected chi connectivity index (χ1v) is 12.9. The van der Waals surface area contributed by atoms with E-state index in [2.05, 4.69) is 0 Å². The van der Waals surface area contributed by atoms with Crippen LogP contribution < -0.4 is 67.1 Å². The minimum atomic E-state index is -3.63. The Morgan fingerprint density at radius 1 is 0.250 bits per heavy atom. The Bertz CT molecular complexity index is 323. The van der Waals surface area contributed by atoms with E-state index in [4.69, 9.17) is 98.4 Å². The largest absolute Gasteiger partial charge is 4.00 e. The molecule has 0 amide bonds. The molecule has 0 atom stereocenters. The van der Waals surface area contributed by atoms with Crippen LogP contribution in [0.5, 0.6) is 0 Å². The maximum Gasteiger partial charge on any atom is 4.00 e. The number of hydrogen-bond acceptors (Lipinski definition) is 21. The maximum absolute atomic E-state index is 8.52. The van der Waals surface area contributed by atoms with Gasteiger partial charge in [-0.2, -0.15) is 0 Å². The van der Waals surface area contributed by atoms with Gasteiger partial charge in [0.25, 0.3) is 0 Å². The Morgan fingerprint density at radius 2 is 0.250 bits per heavy atom. The summed E-state index contributed by atoms with van der Waals surface area (Å²) in [4.78, 5) is 119. The third kappa shape index (κ3) is 1680000. The van der Waals surface area contributed by atoms with Crippen LogP contribution in [0.25, 0.3) is 0 Å². The van der Waals surface area contributed by atoms with Gasteiger partial charge in [-0.05, 0) is 0 Å². The molecule has 0 aromatic carbocycles. The number of hydrogen-bond donors (Lipinski definition) is 0. The standard InChI is InChI=1S/2Fe.7O3Si.2Zr/c;;7*1-4(2)3;;/q2*+3;7*-2;2*+4. The smallest absolute Gasteiger partial charge is 0.672 e. The molecule has 0 saturated heterocycles. The van der Waals surface area contributed by atoms with Gasteiger partial charge in [-0.3, -0.25) is 0 Å². The molecule has 0 saturated carbocycles. The van der Waals surface area contributed by atoms with Gasteiger partial charge in [-0.1, -0.05) is 0 Å². The van der Waals surface area contributed by atoms with Gasteiger partial charge in [0.05, 0.1) is 0 Å². The van der Waals surface area contributed by atoms with E-state index in [1.54, 1.807) is 0 Å². The summed E-state index contributed by atoms with van der Waals surface area (Å²) in [6.45, 7) is 0. The van der Waals surface area contributed by atoms with Gasteiger partial charge >= 0.3 is 86.5 Å². The summed E-state index contributed by atoms with van der Waals surface area (Å²) in [6, 6.07) is 0. The van der Waals surface area contributed by atoms with Crippen molar-refractivity contribution in [3.63, 3.8) is 0 Å². The van der Waals surface area contributed by atoms with Gasteiger partial charge in [0, 0.05) is 64.2 Å². The van der Waals surface area contributed by atoms with Gasteiger partial charge in [0.2, 0.25) is 0 Å². The van der Waals surface area contributed by atoms with E-state index in [9.17, 15) is 0 Å². The van der Waals surface area contributed by atoms with Crippen LogP contribution in [0.15, 0.2) is 0 Å². The van der Waals surface area contributed by atoms with Crippen LogP contribution in [0.3, 0.4) is 0 Å². The van der Waals surface area contributed by atoms with E-state index in [-0.39, 0.29) is 86.5 Å². The summed E-state index contributed by atoms with van der Waals surface area (Å²) in [7, 11) is -25.4. The molecule has 0 aliphatic carbocycles. The fourth-order valence-corrected chi connectivity index (χ4v) is 0. The molecule has 0 aromatic heterocycles. The van der Waals surface area contributed by atoms with Crippen LogP contribution in [-0.4, -0.2) is 64.2 Å². The summed E-state index contributed by atoms with van der Waals surface area (Å²) < 4.78 is 59.6. The molecule has 178 valence electrons. The van der Waals surface area contributed by atoms with E-state index in [1.165, 1.54) is 0 Å². The van der Waals surface area contributed by atoms with E-state index in [0.717, 1.165) is 0 Å². The van der Waals surface area contributed by atoms with Crippen molar-refractivity contribution >= 4 is 64.2 Å². The molecule has 0 unspecified atom stereocenters. The molecule has 0 heterocycles. The van der Waals surface area contributed by atoms with Crippen molar-refractivity contribution in [3.8, 4) is 0 Å². The van der Waals surface area contributed by atoms with E-state index in [0.29, 0.717) is 0 Å². The van der Waals surface area contributed by atoms with Crippen LogP contribution in [0.4, 0.5) is 0 Å². The molecule has 32 heavy (non-hydrogen) atoms. The first-order chi connectivity index (χ1) is 12.1. The molecular weight excluding hydrogens is 827 g/mol.